The van der Waals surface area contributed by atoms with Crippen molar-refractivity contribution in [3.8, 4) is 0 Å². The third kappa shape index (κ3) is 1.98. The maximum Gasteiger partial charge on any atom is 0.132 e. The zero-order valence-electron chi connectivity index (χ0n) is 12.9. The van der Waals surface area contributed by atoms with Gasteiger partial charge in [-0.2, -0.15) is 5.10 Å². The molecular formula is C17H15N7. The summed E-state index contributed by atoms with van der Waals surface area (Å²) in [5, 5.41) is 4.77. The van der Waals surface area contributed by atoms with E-state index in [1.807, 2.05) is 28.9 Å². The molecule has 24 heavy (non-hydrogen) atoms. The van der Waals surface area contributed by atoms with Crippen LogP contribution in [-0.2, 0) is 6.42 Å². The number of pyridine rings is 1. The molecule has 7 nitrogen and oxygen atoms in total. The van der Waals surface area contributed by atoms with Crippen LogP contribution in [0.5, 0.6) is 0 Å². The van der Waals surface area contributed by atoms with E-state index in [0.717, 1.165) is 35.7 Å². The van der Waals surface area contributed by atoms with Crippen LogP contribution in [0.25, 0.3) is 5.52 Å². The van der Waals surface area contributed by atoms with Crippen molar-refractivity contribution in [2.24, 2.45) is 0 Å². The molecule has 5 rings (SSSR count). The van der Waals surface area contributed by atoms with E-state index in [2.05, 4.69) is 37.0 Å². The molecule has 1 aliphatic rings. The first-order valence-corrected chi connectivity index (χ1v) is 7.89. The summed E-state index contributed by atoms with van der Waals surface area (Å²) in [5.41, 5.74) is 4.22. The van der Waals surface area contributed by atoms with Crippen LogP contribution in [0.15, 0.2) is 55.4 Å². The van der Waals surface area contributed by atoms with Gasteiger partial charge in [0.05, 0.1) is 23.2 Å². The van der Waals surface area contributed by atoms with E-state index in [1.165, 1.54) is 5.69 Å². The second-order valence-corrected chi connectivity index (χ2v) is 5.82. The van der Waals surface area contributed by atoms with Gasteiger partial charge >= 0.3 is 0 Å². The summed E-state index contributed by atoms with van der Waals surface area (Å²) in [7, 11) is 0. The zero-order chi connectivity index (χ0) is 15.9. The molecule has 0 radical (unpaired) electrons. The van der Waals surface area contributed by atoms with Crippen LogP contribution in [0.4, 0.5) is 5.82 Å². The molecule has 0 amide bonds. The van der Waals surface area contributed by atoms with Gasteiger partial charge in [-0.3, -0.25) is 0 Å². The van der Waals surface area contributed by atoms with E-state index in [9.17, 15) is 0 Å². The number of nitrogens with zero attached hydrogens (tertiary/aromatic N) is 6. The average Bonchev–Trinajstić information content (AvgIpc) is 3.28. The Morgan fingerprint density at radius 1 is 1.17 bits per heavy atom. The molecule has 4 aromatic heterocycles. The molecule has 0 spiro atoms. The van der Waals surface area contributed by atoms with Crippen LogP contribution in [-0.4, -0.2) is 36.1 Å². The van der Waals surface area contributed by atoms with Gasteiger partial charge < -0.3 is 9.88 Å². The largest absolute Gasteiger partial charge is 0.348 e. The van der Waals surface area contributed by atoms with Crippen molar-refractivity contribution in [1.82, 2.24) is 29.5 Å². The van der Waals surface area contributed by atoms with E-state index in [1.54, 1.807) is 18.9 Å². The van der Waals surface area contributed by atoms with Crippen molar-refractivity contribution in [3.63, 3.8) is 0 Å². The minimum atomic E-state index is -0.0604. The van der Waals surface area contributed by atoms with Crippen molar-refractivity contribution in [2.75, 3.05) is 11.4 Å². The van der Waals surface area contributed by atoms with Gasteiger partial charge in [0.1, 0.15) is 18.2 Å². The van der Waals surface area contributed by atoms with E-state index < -0.39 is 0 Å². The molecule has 0 bridgehead atoms. The molecule has 0 saturated heterocycles. The van der Waals surface area contributed by atoms with Gasteiger partial charge in [0.25, 0.3) is 0 Å². The van der Waals surface area contributed by atoms with Crippen LogP contribution in [0.1, 0.15) is 23.1 Å². The molecule has 0 saturated carbocycles. The molecule has 1 atom stereocenters. The smallest absolute Gasteiger partial charge is 0.132 e. The second kappa shape index (κ2) is 5.16. The van der Waals surface area contributed by atoms with Crippen molar-refractivity contribution >= 4 is 11.3 Å². The summed E-state index contributed by atoms with van der Waals surface area (Å²) < 4.78 is 1.90. The predicted molar refractivity (Wildman–Crippen MR) is 88.7 cm³/mol. The van der Waals surface area contributed by atoms with E-state index in [0.29, 0.717) is 0 Å². The first-order chi connectivity index (χ1) is 11.9. The van der Waals surface area contributed by atoms with Crippen LogP contribution >= 0.6 is 0 Å². The lowest BCUT2D eigenvalue weighted by Crippen LogP contribution is -2.37. The van der Waals surface area contributed by atoms with Crippen LogP contribution < -0.4 is 4.90 Å². The molecule has 7 heteroatoms. The van der Waals surface area contributed by atoms with Crippen molar-refractivity contribution in [2.45, 2.75) is 12.5 Å². The third-order valence-electron chi connectivity index (χ3n) is 4.45. The molecule has 1 N–H and O–H groups in total. The average molecular weight is 317 g/mol. The first kappa shape index (κ1) is 13.2. The summed E-state index contributed by atoms with van der Waals surface area (Å²) in [5.74, 6) is 0.890. The Hall–Kier alpha value is -3.22. The minimum absolute atomic E-state index is 0.0604. The summed E-state index contributed by atoms with van der Waals surface area (Å²) >= 11 is 0. The summed E-state index contributed by atoms with van der Waals surface area (Å²) in [4.78, 5) is 18.5. The molecule has 0 aromatic carbocycles. The molecular weight excluding hydrogens is 302 g/mol. The number of rotatable bonds is 2. The van der Waals surface area contributed by atoms with E-state index >= 15 is 0 Å². The highest BCUT2D eigenvalue weighted by Gasteiger charge is 2.33. The molecule has 0 aliphatic carbocycles. The number of hydrogen-bond acceptors (Lipinski definition) is 5. The maximum atomic E-state index is 4.77. The Kier molecular flexibility index (Phi) is 2.84. The lowest BCUT2D eigenvalue weighted by Gasteiger charge is -2.34. The number of fused-ring (bicyclic) bond motifs is 2. The molecule has 118 valence electrons. The summed E-state index contributed by atoms with van der Waals surface area (Å²) in [6.45, 7) is 0.852. The fourth-order valence-corrected chi connectivity index (χ4v) is 3.37. The number of aromatic amines is 1. The SMILES string of the molecule is c1ccn2nc([C@H]3c4nc[nH]c4CCN3c3ccncn3)cc2c1. The monoisotopic (exact) mass is 317 g/mol. The molecule has 4 aromatic rings. The highest BCUT2D eigenvalue weighted by atomic mass is 15.3. The lowest BCUT2D eigenvalue weighted by molar-refractivity contribution is 0.610. The molecule has 5 heterocycles. The van der Waals surface area contributed by atoms with Gasteiger partial charge in [-0.05, 0) is 24.3 Å². The Bertz CT molecular complexity index is 955. The Morgan fingerprint density at radius 3 is 3.04 bits per heavy atom. The topological polar surface area (TPSA) is 75.0 Å². The van der Waals surface area contributed by atoms with E-state index in [-0.39, 0.29) is 6.04 Å². The van der Waals surface area contributed by atoms with Crippen LogP contribution in [0.2, 0.25) is 0 Å². The predicted octanol–water partition coefficient (Wildman–Crippen LogP) is 2.00. The quantitative estimate of drug-likeness (QED) is 0.612. The van der Waals surface area contributed by atoms with Gasteiger partial charge in [0, 0.05) is 31.1 Å². The van der Waals surface area contributed by atoms with Crippen LogP contribution in [0.3, 0.4) is 0 Å². The second-order valence-electron chi connectivity index (χ2n) is 5.82. The van der Waals surface area contributed by atoms with Gasteiger partial charge in [-0.25, -0.2) is 19.5 Å². The van der Waals surface area contributed by atoms with Crippen molar-refractivity contribution in [3.05, 3.63) is 72.5 Å². The van der Waals surface area contributed by atoms with Gasteiger partial charge in [-0.1, -0.05) is 6.07 Å². The fourth-order valence-electron chi connectivity index (χ4n) is 3.37. The number of imidazole rings is 1. The lowest BCUT2D eigenvalue weighted by atomic mass is 10.00. The Morgan fingerprint density at radius 2 is 2.17 bits per heavy atom. The summed E-state index contributed by atoms with van der Waals surface area (Å²) in [6, 6.07) is 10.0. The first-order valence-electron chi connectivity index (χ1n) is 7.89. The highest BCUT2D eigenvalue weighted by Crippen LogP contribution is 2.35. The number of hydrogen-bond donors (Lipinski definition) is 1. The fraction of sp³-hybridized carbons (Fsp3) is 0.176. The molecule has 0 fully saturated rings. The van der Waals surface area contributed by atoms with Gasteiger partial charge in [-0.15, -0.1) is 0 Å². The Balaban J connectivity index is 1.68. The molecule has 0 unspecified atom stereocenters. The number of H-pyrrole nitrogens is 1. The van der Waals surface area contributed by atoms with Crippen molar-refractivity contribution in [1.29, 1.82) is 0 Å². The van der Waals surface area contributed by atoms with Gasteiger partial charge in [0.15, 0.2) is 0 Å². The van der Waals surface area contributed by atoms with Crippen LogP contribution in [0, 0.1) is 0 Å². The van der Waals surface area contributed by atoms with Gasteiger partial charge in [0.2, 0.25) is 0 Å². The Labute approximate surface area is 138 Å². The minimum Gasteiger partial charge on any atom is -0.348 e. The zero-order valence-corrected chi connectivity index (χ0v) is 12.9. The standard InChI is InChI=1S/C17H15N7/c1-2-7-24-12(3-1)9-14(22-24)17-16-13(19-11-21-16)5-8-23(17)15-4-6-18-10-20-15/h1-4,6-7,9-11,17H,5,8H2,(H,19,21)/t17-/m0/s1. The van der Waals surface area contributed by atoms with E-state index in [4.69, 9.17) is 5.10 Å². The molecule has 1 aliphatic heterocycles. The number of nitrogens with one attached hydrogen (secondary N) is 1. The normalized spacial score (nSPS) is 17.2. The van der Waals surface area contributed by atoms with Crippen molar-refractivity contribution < 1.29 is 0 Å². The summed E-state index contributed by atoms with van der Waals surface area (Å²) in [6.07, 6.45) is 7.97. The highest BCUT2D eigenvalue weighted by molar-refractivity contribution is 5.53. The number of aromatic nitrogens is 6. The maximum absolute atomic E-state index is 4.77. The third-order valence-corrected chi connectivity index (χ3v) is 4.45. The number of anilines is 1.